The molecule has 2 aromatic rings. The molecule has 0 fully saturated rings. The molecular formula is C12H11NaO4S4. The van der Waals surface area contributed by atoms with E-state index in [0.717, 1.165) is 31.8 Å². The molecule has 4 nitrogen and oxygen atoms in total. The average molecular weight is 370 g/mol. The molecule has 0 saturated carbocycles. The Morgan fingerprint density at radius 1 is 1.29 bits per heavy atom. The minimum absolute atomic E-state index is 0. The van der Waals surface area contributed by atoms with E-state index < -0.39 is 10.1 Å². The van der Waals surface area contributed by atoms with E-state index in [4.69, 9.17) is 17.0 Å². The summed E-state index contributed by atoms with van der Waals surface area (Å²) in [5, 5.41) is 0. The number of ether oxygens (including phenoxy) is 1. The van der Waals surface area contributed by atoms with Crippen molar-refractivity contribution in [1.82, 2.24) is 0 Å². The number of fused-ring (bicyclic) bond motifs is 3. The number of rotatable bonds is 2. The molecule has 0 bridgehead atoms. The van der Waals surface area contributed by atoms with Crippen LogP contribution in [0.1, 0.15) is 11.1 Å². The Balaban J connectivity index is 0.00000161. The third kappa shape index (κ3) is 3.13. The van der Waals surface area contributed by atoms with Gasteiger partial charge in [0.15, 0.2) is 0 Å². The Labute approximate surface area is 157 Å². The van der Waals surface area contributed by atoms with Gasteiger partial charge in [0, 0.05) is 5.56 Å². The van der Waals surface area contributed by atoms with E-state index in [0.29, 0.717) is 6.42 Å². The second-order valence-electron chi connectivity index (χ2n) is 4.40. The van der Waals surface area contributed by atoms with Crippen molar-refractivity contribution in [3.8, 4) is 16.2 Å². The zero-order chi connectivity index (χ0) is 14.5. The number of aryl methyl sites for hydroxylation is 1. The molecule has 0 saturated heterocycles. The fraction of sp³-hybridized carbons (Fsp3) is 0.250. The summed E-state index contributed by atoms with van der Waals surface area (Å²) in [4.78, 5) is 0.905. The maximum absolute atomic E-state index is 11.4. The predicted molar refractivity (Wildman–Crippen MR) is 89.4 cm³/mol. The van der Waals surface area contributed by atoms with Crippen LogP contribution >= 0.6 is 32.9 Å². The van der Waals surface area contributed by atoms with Gasteiger partial charge in [-0.3, -0.25) is 4.55 Å². The van der Waals surface area contributed by atoms with Crippen LogP contribution in [-0.2, 0) is 23.0 Å². The van der Waals surface area contributed by atoms with Gasteiger partial charge in [-0.25, -0.2) is 0 Å². The summed E-state index contributed by atoms with van der Waals surface area (Å²) in [6, 6.07) is 3.17. The molecule has 0 atom stereocenters. The summed E-state index contributed by atoms with van der Waals surface area (Å²) in [7, 11) is 0.246. The van der Waals surface area contributed by atoms with E-state index in [1.165, 1.54) is 13.2 Å². The van der Waals surface area contributed by atoms with Crippen LogP contribution in [0.4, 0.5) is 0 Å². The Bertz CT molecular complexity index is 851. The molecule has 0 spiro atoms. The van der Waals surface area contributed by atoms with E-state index in [1.54, 1.807) is 26.7 Å². The first-order valence-corrected chi connectivity index (χ1v) is 9.72. The van der Waals surface area contributed by atoms with Crippen LogP contribution in [0.3, 0.4) is 0 Å². The predicted octanol–water partition coefficient (Wildman–Crippen LogP) is 2.91. The molecule has 3 rings (SSSR count). The third-order valence-electron chi connectivity index (χ3n) is 3.28. The number of methoxy groups -OCH3 is 1. The summed E-state index contributed by atoms with van der Waals surface area (Å²) in [5.74, 6) is 0.156. The molecule has 1 N–H and O–H groups in total. The molecule has 108 valence electrons. The van der Waals surface area contributed by atoms with Crippen molar-refractivity contribution >= 4 is 72.6 Å². The van der Waals surface area contributed by atoms with E-state index in [9.17, 15) is 13.0 Å². The Morgan fingerprint density at radius 3 is 2.62 bits per heavy atom. The molecule has 0 aliphatic heterocycles. The first-order chi connectivity index (χ1) is 9.41. The topological polar surface area (TPSA) is 63.6 Å². The van der Waals surface area contributed by atoms with E-state index >= 15 is 0 Å². The van der Waals surface area contributed by atoms with Gasteiger partial charge in [0.05, 0.1) is 12.0 Å². The van der Waals surface area contributed by atoms with Gasteiger partial charge in [0.25, 0.3) is 10.1 Å². The van der Waals surface area contributed by atoms with Crippen LogP contribution in [0.25, 0.3) is 10.4 Å². The summed E-state index contributed by atoms with van der Waals surface area (Å²) in [6.07, 6.45) is 1.51. The van der Waals surface area contributed by atoms with Crippen LogP contribution in [-0.4, -0.2) is 49.6 Å². The van der Waals surface area contributed by atoms with Crippen LogP contribution in [0.15, 0.2) is 17.0 Å². The molecule has 1 heterocycles. The van der Waals surface area contributed by atoms with Gasteiger partial charge in [-0.2, -0.15) is 8.42 Å². The summed E-state index contributed by atoms with van der Waals surface area (Å²) in [5.41, 5.74) is 3.01. The van der Waals surface area contributed by atoms with Gasteiger partial charge in [-0.1, -0.05) is 32.9 Å². The van der Waals surface area contributed by atoms with Gasteiger partial charge in [-0.15, -0.1) is 0 Å². The van der Waals surface area contributed by atoms with Gasteiger partial charge in [-0.05, 0) is 36.1 Å². The fourth-order valence-corrected chi connectivity index (χ4v) is 6.06. The Hall–Kier alpha value is 0.200. The van der Waals surface area contributed by atoms with Crippen LogP contribution in [0, 0.1) is 3.82 Å². The van der Waals surface area contributed by atoms with Gasteiger partial charge < -0.3 is 4.74 Å². The van der Waals surface area contributed by atoms with Crippen molar-refractivity contribution < 1.29 is 17.7 Å². The van der Waals surface area contributed by atoms with Crippen LogP contribution in [0.5, 0.6) is 5.75 Å². The van der Waals surface area contributed by atoms with E-state index in [2.05, 4.69) is 0 Å². The zero-order valence-corrected chi connectivity index (χ0v) is 13.6. The molecule has 1 aromatic heterocycles. The Kier molecular flexibility index (Phi) is 5.32. The zero-order valence-electron chi connectivity index (χ0n) is 10.4. The summed E-state index contributed by atoms with van der Waals surface area (Å²) in [6.45, 7) is 0. The van der Waals surface area contributed by atoms with Crippen molar-refractivity contribution in [3.63, 3.8) is 0 Å². The maximum atomic E-state index is 11.4. The molecule has 21 heavy (non-hydrogen) atoms. The number of hydrogen-bond donors (Lipinski definition) is 1. The van der Waals surface area contributed by atoms with Crippen molar-refractivity contribution in [2.24, 2.45) is 0 Å². The normalized spacial score (nSPS) is 13.0. The third-order valence-corrected chi connectivity index (χ3v) is 7.33. The van der Waals surface area contributed by atoms with Crippen LogP contribution < -0.4 is 4.74 Å². The molecule has 0 unspecified atom stereocenters. The Morgan fingerprint density at radius 2 is 2.00 bits per heavy atom. The molecule has 1 aliphatic carbocycles. The first kappa shape index (κ1) is 17.6. The molecule has 0 amide bonds. The van der Waals surface area contributed by atoms with Gasteiger partial charge in [0.2, 0.25) is 0 Å². The van der Waals surface area contributed by atoms with Gasteiger partial charge >= 0.3 is 29.6 Å². The standard InChI is InChI=1S/C12H10O4S4.Na.H/c1-16-9-5-8-6(4-10(9)20(13,14)15)2-3-7-11(8)18-19-12(7)17;;/h4-5H,2-3H2,1H3,(H,13,14,15);;. The fourth-order valence-electron chi connectivity index (χ4n) is 2.34. The summed E-state index contributed by atoms with van der Waals surface area (Å²) >= 11 is 5.31. The SMILES string of the molecule is COc1cc2c(cc1S(=O)(=O)O)CCc1c-2ssc1=S.[NaH]. The van der Waals surface area contributed by atoms with Crippen LogP contribution in [0.2, 0.25) is 0 Å². The summed E-state index contributed by atoms with van der Waals surface area (Å²) < 4.78 is 38.1. The molecule has 9 heteroatoms. The van der Waals surface area contributed by atoms with Crippen molar-refractivity contribution in [3.05, 3.63) is 27.1 Å². The second-order valence-corrected chi connectivity index (χ2v) is 8.60. The van der Waals surface area contributed by atoms with Crippen molar-refractivity contribution in [1.29, 1.82) is 0 Å². The van der Waals surface area contributed by atoms with Crippen molar-refractivity contribution in [2.75, 3.05) is 7.11 Å². The van der Waals surface area contributed by atoms with E-state index in [1.807, 2.05) is 0 Å². The second kappa shape index (κ2) is 6.37. The van der Waals surface area contributed by atoms with Gasteiger partial charge in [0.1, 0.15) is 14.5 Å². The monoisotopic (exact) mass is 370 g/mol. The molecule has 1 aromatic carbocycles. The minimum atomic E-state index is -4.29. The molecule has 1 aliphatic rings. The quantitative estimate of drug-likeness (QED) is 0.381. The number of benzene rings is 1. The van der Waals surface area contributed by atoms with Crippen molar-refractivity contribution in [2.45, 2.75) is 17.7 Å². The molecular weight excluding hydrogens is 359 g/mol. The average Bonchev–Trinajstić information content (AvgIpc) is 2.78. The first-order valence-electron chi connectivity index (χ1n) is 5.72. The molecule has 0 radical (unpaired) electrons. The number of hydrogen-bond acceptors (Lipinski definition) is 6. The van der Waals surface area contributed by atoms with E-state index in [-0.39, 0.29) is 40.2 Å².